The van der Waals surface area contributed by atoms with Crippen LogP contribution in [0.25, 0.3) is 0 Å². The van der Waals surface area contributed by atoms with Gasteiger partial charge in [0.1, 0.15) is 5.75 Å². The molecule has 1 atom stereocenters. The Morgan fingerprint density at radius 1 is 1.18 bits per heavy atom. The second-order valence-corrected chi connectivity index (χ2v) is 4.87. The molecule has 0 unspecified atom stereocenters. The van der Waals surface area contributed by atoms with Crippen LogP contribution in [0.4, 0.5) is 0 Å². The van der Waals surface area contributed by atoms with Crippen molar-refractivity contribution in [3.05, 3.63) is 65.7 Å². The lowest BCUT2D eigenvalue weighted by molar-refractivity contribution is -0.116. The topological polar surface area (TPSA) is 38.3 Å². The molecule has 3 heteroatoms. The summed E-state index contributed by atoms with van der Waals surface area (Å²) in [5, 5.41) is 2.97. The van der Waals surface area contributed by atoms with Crippen molar-refractivity contribution >= 4 is 5.91 Å². The van der Waals surface area contributed by atoms with Crippen LogP contribution in [0, 0.1) is 11.8 Å². The number of carbonyl (C=O) groups excluding carboxylic acids is 1. The van der Waals surface area contributed by atoms with Crippen molar-refractivity contribution in [3.63, 3.8) is 0 Å². The van der Waals surface area contributed by atoms with Crippen LogP contribution in [0.15, 0.2) is 54.6 Å². The fourth-order valence-electron chi connectivity index (χ4n) is 2.28. The van der Waals surface area contributed by atoms with Crippen molar-refractivity contribution in [1.29, 1.82) is 0 Å². The summed E-state index contributed by atoms with van der Waals surface area (Å²) in [7, 11) is 1.65. The second kappa shape index (κ2) is 7.90. The van der Waals surface area contributed by atoms with Gasteiger partial charge >= 0.3 is 0 Å². The number of rotatable bonds is 5. The van der Waals surface area contributed by atoms with Crippen LogP contribution < -0.4 is 10.1 Å². The van der Waals surface area contributed by atoms with Crippen molar-refractivity contribution in [1.82, 2.24) is 5.32 Å². The van der Waals surface area contributed by atoms with Gasteiger partial charge in [0.25, 0.3) is 5.91 Å². The number of ether oxygens (including phenoxy) is 1. The minimum absolute atomic E-state index is 0.123. The average molecular weight is 293 g/mol. The Balaban J connectivity index is 2.23. The van der Waals surface area contributed by atoms with Crippen molar-refractivity contribution in [2.45, 2.75) is 19.4 Å². The Morgan fingerprint density at radius 2 is 1.95 bits per heavy atom. The molecule has 0 aliphatic carbocycles. The summed E-state index contributed by atoms with van der Waals surface area (Å²) in [5.41, 5.74) is 2.15. The van der Waals surface area contributed by atoms with Gasteiger partial charge in [-0.2, -0.15) is 0 Å². The van der Waals surface area contributed by atoms with E-state index < -0.39 is 0 Å². The molecule has 1 amide bonds. The van der Waals surface area contributed by atoms with E-state index in [1.165, 1.54) is 0 Å². The van der Waals surface area contributed by atoms with Gasteiger partial charge in [0.2, 0.25) is 0 Å². The van der Waals surface area contributed by atoms with Gasteiger partial charge in [-0.3, -0.25) is 4.79 Å². The fraction of sp³-hybridized carbons (Fsp3) is 0.211. The van der Waals surface area contributed by atoms with Crippen LogP contribution in [0.3, 0.4) is 0 Å². The molecule has 112 valence electrons. The summed E-state index contributed by atoms with van der Waals surface area (Å²) >= 11 is 0. The lowest BCUT2D eigenvalue weighted by Crippen LogP contribution is -2.28. The first-order chi connectivity index (χ1) is 10.7. The highest BCUT2D eigenvalue weighted by Crippen LogP contribution is 2.21. The molecule has 0 bridgehead atoms. The largest absolute Gasteiger partial charge is 0.497 e. The highest BCUT2D eigenvalue weighted by molar-refractivity contribution is 5.93. The summed E-state index contributed by atoms with van der Waals surface area (Å²) in [6.45, 7) is 1.65. The van der Waals surface area contributed by atoms with Crippen molar-refractivity contribution in [3.8, 4) is 17.6 Å². The maximum absolute atomic E-state index is 11.8. The number of benzene rings is 2. The van der Waals surface area contributed by atoms with Gasteiger partial charge in [-0.1, -0.05) is 48.4 Å². The van der Waals surface area contributed by atoms with Crippen molar-refractivity contribution < 1.29 is 9.53 Å². The molecule has 0 spiro atoms. The molecule has 0 aliphatic rings. The van der Waals surface area contributed by atoms with E-state index in [-0.39, 0.29) is 11.9 Å². The summed E-state index contributed by atoms with van der Waals surface area (Å²) in [6.07, 6.45) is 0.679. The van der Waals surface area contributed by atoms with E-state index in [2.05, 4.69) is 17.2 Å². The molecule has 0 aliphatic heterocycles. The highest BCUT2D eigenvalue weighted by Gasteiger charge is 2.14. The predicted molar refractivity (Wildman–Crippen MR) is 87.5 cm³/mol. The minimum Gasteiger partial charge on any atom is -0.497 e. The van der Waals surface area contributed by atoms with Gasteiger partial charge in [-0.05, 0) is 42.5 Å². The van der Waals surface area contributed by atoms with E-state index in [9.17, 15) is 4.79 Å². The molecule has 2 aromatic carbocycles. The van der Waals surface area contributed by atoms with Gasteiger partial charge < -0.3 is 10.1 Å². The van der Waals surface area contributed by atoms with Crippen LogP contribution >= 0.6 is 0 Å². The predicted octanol–water partition coefficient (Wildman–Crippen LogP) is 3.12. The van der Waals surface area contributed by atoms with Gasteiger partial charge in [0, 0.05) is 0 Å². The molecule has 1 N–H and O–H groups in total. The highest BCUT2D eigenvalue weighted by atomic mass is 16.5. The Labute approximate surface area is 131 Å². The van der Waals surface area contributed by atoms with E-state index >= 15 is 0 Å². The smallest absolute Gasteiger partial charge is 0.296 e. The lowest BCUT2D eigenvalue weighted by Gasteiger charge is -2.18. The van der Waals surface area contributed by atoms with Gasteiger partial charge in [-0.25, -0.2) is 0 Å². The van der Waals surface area contributed by atoms with Gasteiger partial charge in [-0.15, -0.1) is 0 Å². The zero-order valence-corrected chi connectivity index (χ0v) is 12.8. The molecule has 0 heterocycles. The Bertz CT molecular complexity index is 683. The quantitative estimate of drug-likeness (QED) is 0.860. The summed E-state index contributed by atoms with van der Waals surface area (Å²) in [4.78, 5) is 11.8. The third-order valence-electron chi connectivity index (χ3n) is 3.32. The van der Waals surface area contributed by atoms with E-state index in [1.54, 1.807) is 14.0 Å². The Kier molecular flexibility index (Phi) is 5.62. The first-order valence-corrected chi connectivity index (χ1v) is 7.14. The summed E-state index contributed by atoms with van der Waals surface area (Å²) in [6, 6.07) is 17.6. The first kappa shape index (κ1) is 15.7. The normalized spacial score (nSPS) is 11.0. The molecular formula is C19H19NO2. The third kappa shape index (κ3) is 4.39. The molecule has 22 heavy (non-hydrogen) atoms. The number of amides is 1. The van der Waals surface area contributed by atoms with Crippen LogP contribution in [-0.4, -0.2) is 13.0 Å². The minimum atomic E-state index is -0.265. The molecule has 0 fully saturated rings. The monoisotopic (exact) mass is 293 g/mol. The molecule has 3 nitrogen and oxygen atoms in total. The third-order valence-corrected chi connectivity index (χ3v) is 3.32. The van der Waals surface area contributed by atoms with E-state index in [0.717, 1.165) is 16.9 Å². The van der Waals surface area contributed by atoms with E-state index in [0.29, 0.717) is 6.42 Å². The van der Waals surface area contributed by atoms with Gasteiger partial charge in [0.15, 0.2) is 0 Å². The van der Waals surface area contributed by atoms with Crippen LogP contribution in [0.2, 0.25) is 0 Å². The second-order valence-electron chi connectivity index (χ2n) is 4.87. The average Bonchev–Trinajstić information content (AvgIpc) is 2.55. The zero-order chi connectivity index (χ0) is 15.8. The molecule has 0 aromatic heterocycles. The van der Waals surface area contributed by atoms with Gasteiger partial charge in [0.05, 0.1) is 13.2 Å². The number of hydrogen-bond donors (Lipinski definition) is 1. The van der Waals surface area contributed by atoms with E-state index in [1.807, 2.05) is 54.6 Å². The molecule has 0 saturated heterocycles. The van der Waals surface area contributed by atoms with Crippen LogP contribution in [0.1, 0.15) is 24.1 Å². The first-order valence-electron chi connectivity index (χ1n) is 7.14. The number of hydrogen-bond acceptors (Lipinski definition) is 2. The maximum Gasteiger partial charge on any atom is 0.296 e. The summed E-state index contributed by atoms with van der Waals surface area (Å²) < 4.78 is 5.25. The molecule has 0 radical (unpaired) electrons. The number of methoxy groups -OCH3 is 1. The van der Waals surface area contributed by atoms with Crippen molar-refractivity contribution in [2.24, 2.45) is 0 Å². The fourth-order valence-corrected chi connectivity index (χ4v) is 2.28. The van der Waals surface area contributed by atoms with Crippen LogP contribution in [0.5, 0.6) is 5.75 Å². The SMILES string of the molecule is CC#CC(=O)N[C@@H](Cc1cccc(OC)c1)c1ccccc1. The van der Waals surface area contributed by atoms with Crippen LogP contribution in [-0.2, 0) is 11.2 Å². The standard InChI is InChI=1S/C19H19NO2/c1-3-8-19(21)20-18(16-10-5-4-6-11-16)14-15-9-7-12-17(13-15)22-2/h4-7,9-13,18H,14H2,1-2H3,(H,20,21)/t18-/m0/s1. The van der Waals surface area contributed by atoms with Crippen molar-refractivity contribution in [2.75, 3.05) is 7.11 Å². The molecule has 2 rings (SSSR count). The zero-order valence-electron chi connectivity index (χ0n) is 12.8. The number of carbonyl (C=O) groups is 1. The molecular weight excluding hydrogens is 274 g/mol. The summed E-state index contributed by atoms with van der Waals surface area (Å²) in [5.74, 6) is 5.70. The molecule has 0 saturated carbocycles. The Morgan fingerprint density at radius 3 is 2.64 bits per heavy atom. The maximum atomic E-state index is 11.8. The Hall–Kier alpha value is -2.73. The number of nitrogens with one attached hydrogen (secondary N) is 1. The lowest BCUT2D eigenvalue weighted by atomic mass is 9.98. The van der Waals surface area contributed by atoms with E-state index in [4.69, 9.17) is 4.74 Å². The molecule has 2 aromatic rings.